The van der Waals surface area contributed by atoms with Gasteiger partial charge in [-0.15, -0.1) is 0 Å². The first-order valence-corrected chi connectivity index (χ1v) is 4.67. The van der Waals surface area contributed by atoms with Gasteiger partial charge < -0.3 is 10.2 Å². The van der Waals surface area contributed by atoms with Crippen molar-refractivity contribution in [1.82, 2.24) is 0 Å². The minimum atomic E-state index is -4.54. The van der Waals surface area contributed by atoms with E-state index in [0.717, 1.165) is 6.92 Å². The van der Waals surface area contributed by atoms with Crippen molar-refractivity contribution in [3.63, 3.8) is 0 Å². The molecule has 0 saturated carbocycles. The topological polar surface area (TPSA) is 39.2 Å². The number of furan rings is 1. The Bertz CT molecular complexity index is 480. The smallest absolute Gasteiger partial charge is 0.413 e. The van der Waals surface area contributed by atoms with Crippen LogP contribution in [0.1, 0.15) is 12.7 Å². The summed E-state index contributed by atoms with van der Waals surface area (Å²) in [5, 5.41) is 0.610. The molecule has 0 radical (unpaired) electrons. The van der Waals surface area contributed by atoms with Crippen LogP contribution in [0.25, 0.3) is 11.0 Å². The molecule has 0 spiro atoms. The van der Waals surface area contributed by atoms with Crippen molar-refractivity contribution in [3.05, 3.63) is 36.1 Å². The van der Waals surface area contributed by atoms with Crippen LogP contribution < -0.4 is 5.73 Å². The molecular weight excluding hydrogens is 219 g/mol. The SMILES string of the molecule is CC(N)(c1cc2ccccc2o1)C(F)(F)F. The summed E-state index contributed by atoms with van der Waals surface area (Å²) < 4.78 is 43.1. The van der Waals surface area contributed by atoms with Crippen LogP contribution in [-0.2, 0) is 5.54 Å². The lowest BCUT2D eigenvalue weighted by Gasteiger charge is -2.24. The maximum Gasteiger partial charge on any atom is 0.413 e. The van der Waals surface area contributed by atoms with Crippen molar-refractivity contribution in [3.8, 4) is 0 Å². The molecule has 86 valence electrons. The summed E-state index contributed by atoms with van der Waals surface area (Å²) >= 11 is 0. The van der Waals surface area contributed by atoms with Crippen molar-refractivity contribution in [2.24, 2.45) is 5.73 Å². The fraction of sp³-hybridized carbons (Fsp3) is 0.273. The van der Waals surface area contributed by atoms with Crippen molar-refractivity contribution in [2.45, 2.75) is 18.6 Å². The van der Waals surface area contributed by atoms with E-state index < -0.39 is 11.7 Å². The molecule has 5 heteroatoms. The van der Waals surface area contributed by atoms with E-state index in [9.17, 15) is 13.2 Å². The highest BCUT2D eigenvalue weighted by Crippen LogP contribution is 2.38. The highest BCUT2D eigenvalue weighted by molar-refractivity contribution is 5.78. The first kappa shape index (κ1) is 11.0. The highest BCUT2D eigenvalue weighted by atomic mass is 19.4. The van der Waals surface area contributed by atoms with E-state index in [0.29, 0.717) is 11.0 Å². The van der Waals surface area contributed by atoms with Gasteiger partial charge in [0.25, 0.3) is 0 Å². The van der Waals surface area contributed by atoms with Crippen LogP contribution in [-0.4, -0.2) is 6.18 Å². The molecule has 2 N–H and O–H groups in total. The number of hydrogen-bond donors (Lipinski definition) is 1. The zero-order valence-electron chi connectivity index (χ0n) is 8.51. The molecule has 1 aromatic heterocycles. The van der Waals surface area contributed by atoms with Gasteiger partial charge in [-0.2, -0.15) is 13.2 Å². The lowest BCUT2D eigenvalue weighted by molar-refractivity contribution is -0.188. The Balaban J connectivity index is 2.56. The van der Waals surface area contributed by atoms with Gasteiger partial charge >= 0.3 is 6.18 Å². The number of benzene rings is 1. The van der Waals surface area contributed by atoms with E-state index in [1.165, 1.54) is 6.07 Å². The number of rotatable bonds is 1. The van der Waals surface area contributed by atoms with Crippen LogP contribution in [0.3, 0.4) is 0 Å². The lowest BCUT2D eigenvalue weighted by atomic mass is 10.00. The molecule has 0 fully saturated rings. The number of alkyl halides is 3. The second-order valence-electron chi connectivity index (χ2n) is 3.85. The molecule has 0 aliphatic rings. The van der Waals surface area contributed by atoms with Gasteiger partial charge in [0.05, 0.1) is 0 Å². The number of hydrogen-bond acceptors (Lipinski definition) is 2. The molecule has 2 aromatic rings. The molecule has 2 rings (SSSR count). The van der Waals surface area contributed by atoms with Crippen molar-refractivity contribution < 1.29 is 17.6 Å². The Morgan fingerprint density at radius 1 is 1.19 bits per heavy atom. The second kappa shape index (κ2) is 3.25. The highest BCUT2D eigenvalue weighted by Gasteiger charge is 2.51. The van der Waals surface area contributed by atoms with Crippen molar-refractivity contribution in [2.75, 3.05) is 0 Å². The summed E-state index contributed by atoms with van der Waals surface area (Å²) in [5.41, 5.74) is 3.20. The molecule has 16 heavy (non-hydrogen) atoms. The fourth-order valence-electron chi connectivity index (χ4n) is 1.38. The molecule has 0 amide bonds. The van der Waals surface area contributed by atoms with Crippen LogP contribution >= 0.6 is 0 Å². The summed E-state index contributed by atoms with van der Waals surface area (Å²) in [6.45, 7) is 0.894. The van der Waals surface area contributed by atoms with Gasteiger partial charge in [-0.25, -0.2) is 0 Å². The second-order valence-corrected chi connectivity index (χ2v) is 3.85. The molecule has 1 aromatic carbocycles. The molecule has 1 heterocycles. The summed E-state index contributed by atoms with van der Waals surface area (Å²) in [6.07, 6.45) is -4.54. The van der Waals surface area contributed by atoms with Gasteiger partial charge in [0.2, 0.25) is 0 Å². The van der Waals surface area contributed by atoms with E-state index in [4.69, 9.17) is 10.2 Å². The fourth-order valence-corrected chi connectivity index (χ4v) is 1.38. The third kappa shape index (κ3) is 1.57. The number of para-hydroxylation sites is 1. The normalized spacial score (nSPS) is 16.3. The number of halogens is 3. The standard InChI is InChI=1S/C11H10F3NO/c1-10(15,11(12,13)14)9-6-7-4-2-3-5-8(7)16-9/h2-6H,15H2,1H3. The van der Waals surface area contributed by atoms with Crippen LogP contribution in [0.5, 0.6) is 0 Å². The molecule has 0 aliphatic carbocycles. The van der Waals surface area contributed by atoms with Gasteiger partial charge in [0.15, 0.2) is 5.54 Å². The average molecular weight is 229 g/mol. The van der Waals surface area contributed by atoms with E-state index in [-0.39, 0.29) is 5.76 Å². The first-order chi connectivity index (χ1) is 7.32. The molecule has 0 bridgehead atoms. The molecule has 1 atom stereocenters. The zero-order valence-corrected chi connectivity index (χ0v) is 8.51. The molecule has 0 aliphatic heterocycles. The van der Waals surface area contributed by atoms with E-state index in [1.807, 2.05) is 0 Å². The minimum Gasteiger partial charge on any atom is -0.459 e. The third-order valence-corrected chi connectivity index (χ3v) is 2.53. The van der Waals surface area contributed by atoms with E-state index in [1.54, 1.807) is 24.3 Å². The predicted octanol–water partition coefficient (Wildman–Crippen LogP) is 3.17. The Hall–Kier alpha value is -1.49. The molecule has 2 nitrogen and oxygen atoms in total. The summed E-state index contributed by atoms with van der Waals surface area (Å²) in [7, 11) is 0. The van der Waals surface area contributed by atoms with Gasteiger partial charge in [-0.1, -0.05) is 18.2 Å². The monoisotopic (exact) mass is 229 g/mol. The third-order valence-electron chi connectivity index (χ3n) is 2.53. The molecule has 1 unspecified atom stereocenters. The van der Waals surface area contributed by atoms with Crippen LogP contribution in [0.15, 0.2) is 34.7 Å². The number of fused-ring (bicyclic) bond motifs is 1. The Morgan fingerprint density at radius 3 is 2.38 bits per heavy atom. The Labute approximate surface area is 89.8 Å². The Morgan fingerprint density at radius 2 is 1.81 bits per heavy atom. The maximum atomic E-state index is 12.7. The summed E-state index contributed by atoms with van der Waals surface area (Å²) in [6, 6.07) is 8.02. The summed E-state index contributed by atoms with van der Waals surface area (Å²) in [4.78, 5) is 0. The van der Waals surface area contributed by atoms with E-state index in [2.05, 4.69) is 0 Å². The predicted molar refractivity (Wildman–Crippen MR) is 53.8 cm³/mol. The van der Waals surface area contributed by atoms with E-state index >= 15 is 0 Å². The van der Waals surface area contributed by atoms with Gasteiger partial charge in [-0.3, -0.25) is 0 Å². The Kier molecular flexibility index (Phi) is 2.24. The average Bonchev–Trinajstić information content (AvgIpc) is 2.59. The van der Waals surface area contributed by atoms with Crippen molar-refractivity contribution >= 4 is 11.0 Å². The zero-order chi connectivity index (χ0) is 12.0. The van der Waals surface area contributed by atoms with Gasteiger partial charge in [0.1, 0.15) is 11.3 Å². The molecule has 0 saturated heterocycles. The maximum absolute atomic E-state index is 12.7. The quantitative estimate of drug-likeness (QED) is 0.815. The first-order valence-electron chi connectivity index (χ1n) is 4.67. The number of nitrogens with two attached hydrogens (primary N) is 1. The lowest BCUT2D eigenvalue weighted by Crippen LogP contribution is -2.47. The van der Waals surface area contributed by atoms with Crippen LogP contribution in [0, 0.1) is 0 Å². The molecular formula is C11H10F3NO. The van der Waals surface area contributed by atoms with Gasteiger partial charge in [-0.05, 0) is 19.1 Å². The minimum absolute atomic E-state index is 0.277. The van der Waals surface area contributed by atoms with Crippen LogP contribution in [0.4, 0.5) is 13.2 Å². The van der Waals surface area contributed by atoms with Gasteiger partial charge in [0, 0.05) is 5.39 Å². The largest absolute Gasteiger partial charge is 0.459 e. The summed E-state index contributed by atoms with van der Waals surface area (Å²) in [5.74, 6) is -0.277. The van der Waals surface area contributed by atoms with Crippen LogP contribution in [0.2, 0.25) is 0 Å². The van der Waals surface area contributed by atoms with Crippen molar-refractivity contribution in [1.29, 1.82) is 0 Å².